The van der Waals surface area contributed by atoms with E-state index in [4.69, 9.17) is 9.15 Å². The van der Waals surface area contributed by atoms with Gasteiger partial charge in [-0.15, -0.1) is 0 Å². The van der Waals surface area contributed by atoms with Crippen LogP contribution in [0.1, 0.15) is 43.7 Å². The number of aryl methyl sites for hydroxylation is 1. The molecular weight excluding hydrogens is 391 g/mol. The Morgan fingerprint density at radius 3 is 2.41 bits per heavy atom. The molecule has 1 saturated heterocycles. The van der Waals surface area contributed by atoms with Crippen LogP contribution in [0.15, 0.2) is 27.4 Å². The van der Waals surface area contributed by atoms with E-state index < -0.39 is 17.4 Å². The van der Waals surface area contributed by atoms with Crippen molar-refractivity contribution in [1.82, 2.24) is 4.90 Å². The second-order valence-electron chi connectivity index (χ2n) is 6.74. The fourth-order valence-electron chi connectivity index (χ4n) is 3.40. The van der Waals surface area contributed by atoms with Gasteiger partial charge in [-0.05, 0) is 31.4 Å². The summed E-state index contributed by atoms with van der Waals surface area (Å²) in [4.78, 5) is 36.0. The third-order valence-electron chi connectivity index (χ3n) is 4.82. The Morgan fingerprint density at radius 1 is 1.10 bits per heavy atom. The molecule has 1 aromatic carbocycles. The molecule has 2 heterocycles. The number of alkyl halides is 3. The van der Waals surface area contributed by atoms with Gasteiger partial charge in [0.05, 0.1) is 12.2 Å². The number of unbranched alkanes of at least 4 members (excludes halogenated alkanes) is 1. The van der Waals surface area contributed by atoms with Gasteiger partial charge in [0.2, 0.25) is 11.8 Å². The van der Waals surface area contributed by atoms with E-state index in [-0.39, 0.29) is 42.2 Å². The first kappa shape index (κ1) is 20.9. The Kier molecular flexibility index (Phi) is 5.95. The molecule has 0 atom stereocenters. The fourth-order valence-corrected chi connectivity index (χ4v) is 3.40. The van der Waals surface area contributed by atoms with Gasteiger partial charge in [-0.2, -0.15) is 13.2 Å². The number of rotatable bonds is 7. The van der Waals surface area contributed by atoms with Crippen LogP contribution in [-0.4, -0.2) is 29.9 Å². The van der Waals surface area contributed by atoms with E-state index in [1.165, 1.54) is 17.0 Å². The molecule has 1 fully saturated rings. The Hall–Kier alpha value is -2.84. The zero-order valence-electron chi connectivity index (χ0n) is 15.8. The van der Waals surface area contributed by atoms with Crippen molar-refractivity contribution in [3.63, 3.8) is 0 Å². The van der Waals surface area contributed by atoms with E-state index in [0.717, 1.165) is 0 Å². The van der Waals surface area contributed by atoms with E-state index >= 15 is 0 Å². The van der Waals surface area contributed by atoms with Crippen LogP contribution in [0.5, 0.6) is 5.75 Å². The average molecular weight is 411 g/mol. The van der Waals surface area contributed by atoms with Gasteiger partial charge in [0.1, 0.15) is 11.3 Å². The molecule has 0 radical (unpaired) electrons. The second-order valence-corrected chi connectivity index (χ2v) is 6.74. The summed E-state index contributed by atoms with van der Waals surface area (Å²) in [6.45, 7) is 2.30. The summed E-state index contributed by atoms with van der Waals surface area (Å²) >= 11 is 0. The Balaban J connectivity index is 1.72. The minimum atomic E-state index is -4.67. The van der Waals surface area contributed by atoms with Crippen molar-refractivity contribution in [3.05, 3.63) is 39.7 Å². The van der Waals surface area contributed by atoms with Crippen LogP contribution in [0.4, 0.5) is 13.2 Å². The van der Waals surface area contributed by atoms with Gasteiger partial charge in [-0.25, -0.2) is 4.79 Å². The Bertz CT molecular complexity index is 980. The van der Waals surface area contributed by atoms with Gasteiger partial charge < -0.3 is 9.15 Å². The highest BCUT2D eigenvalue weighted by Crippen LogP contribution is 2.37. The normalized spacial score (nSPS) is 14.8. The van der Waals surface area contributed by atoms with Crippen LogP contribution in [0, 0.1) is 0 Å². The average Bonchev–Trinajstić information content (AvgIpc) is 2.97. The number of benzene rings is 1. The molecule has 156 valence electrons. The smallest absolute Gasteiger partial charge is 0.417 e. The lowest BCUT2D eigenvalue weighted by molar-refractivity contribution is -0.138. The zero-order valence-corrected chi connectivity index (χ0v) is 15.8. The van der Waals surface area contributed by atoms with Crippen LogP contribution < -0.4 is 10.4 Å². The first-order valence-electron chi connectivity index (χ1n) is 9.35. The van der Waals surface area contributed by atoms with Crippen molar-refractivity contribution < 1.29 is 31.9 Å². The standard InChI is InChI=1S/C20H20F3NO5/c1-2-12-15(28-10-4-3-9-24-16(25)7-8-17(24)26)6-5-13-14(20(21,22)23)11-18(27)29-19(12)13/h5-6,11H,2-4,7-10H2,1H3. The number of hydrogen-bond acceptors (Lipinski definition) is 5. The maximum absolute atomic E-state index is 13.2. The van der Waals surface area contributed by atoms with Gasteiger partial charge >= 0.3 is 11.8 Å². The number of nitrogens with zero attached hydrogens (tertiary/aromatic N) is 1. The number of hydrogen-bond donors (Lipinski definition) is 0. The molecule has 9 heteroatoms. The number of imide groups is 1. The highest BCUT2D eigenvalue weighted by atomic mass is 19.4. The molecule has 0 unspecified atom stereocenters. The molecule has 0 N–H and O–H groups in total. The summed E-state index contributed by atoms with van der Waals surface area (Å²) in [7, 11) is 0. The molecule has 0 saturated carbocycles. The molecular formula is C20H20F3NO5. The molecule has 1 aliphatic heterocycles. The number of ether oxygens (including phenoxy) is 1. The zero-order chi connectivity index (χ0) is 21.2. The third-order valence-corrected chi connectivity index (χ3v) is 4.82. The minimum Gasteiger partial charge on any atom is -0.493 e. The summed E-state index contributed by atoms with van der Waals surface area (Å²) in [5.41, 5.74) is -1.85. The summed E-state index contributed by atoms with van der Waals surface area (Å²) in [6, 6.07) is 3.12. The first-order valence-corrected chi connectivity index (χ1v) is 9.35. The van der Waals surface area contributed by atoms with Crippen molar-refractivity contribution in [1.29, 1.82) is 0 Å². The lowest BCUT2D eigenvalue weighted by Crippen LogP contribution is -2.30. The highest BCUT2D eigenvalue weighted by Gasteiger charge is 2.34. The van der Waals surface area contributed by atoms with Crippen molar-refractivity contribution in [3.8, 4) is 5.75 Å². The number of fused-ring (bicyclic) bond motifs is 1. The minimum absolute atomic E-state index is 0.127. The predicted molar refractivity (Wildman–Crippen MR) is 97.5 cm³/mol. The quantitative estimate of drug-likeness (QED) is 0.395. The molecule has 0 aliphatic carbocycles. The predicted octanol–water partition coefficient (Wildman–Crippen LogP) is 3.68. The van der Waals surface area contributed by atoms with E-state index in [0.29, 0.717) is 43.2 Å². The van der Waals surface area contributed by atoms with E-state index in [9.17, 15) is 27.6 Å². The molecule has 1 aliphatic rings. The van der Waals surface area contributed by atoms with Gasteiger partial charge in [0.25, 0.3) is 0 Å². The molecule has 2 aromatic rings. The lowest BCUT2D eigenvalue weighted by Gasteiger charge is -2.16. The van der Waals surface area contributed by atoms with E-state index in [1.807, 2.05) is 0 Å². The van der Waals surface area contributed by atoms with Crippen molar-refractivity contribution in [2.75, 3.05) is 13.2 Å². The number of halogens is 3. The molecule has 29 heavy (non-hydrogen) atoms. The van der Waals surface area contributed by atoms with Crippen molar-refractivity contribution >= 4 is 22.8 Å². The van der Waals surface area contributed by atoms with Crippen molar-refractivity contribution in [2.24, 2.45) is 0 Å². The third kappa shape index (κ3) is 4.44. The first-order chi connectivity index (χ1) is 13.7. The fraction of sp³-hybridized carbons (Fsp3) is 0.450. The number of amides is 2. The second kappa shape index (κ2) is 8.26. The molecule has 0 spiro atoms. The lowest BCUT2D eigenvalue weighted by atomic mass is 10.0. The highest BCUT2D eigenvalue weighted by molar-refractivity contribution is 6.01. The molecule has 6 nitrogen and oxygen atoms in total. The molecule has 1 aromatic heterocycles. The van der Waals surface area contributed by atoms with Gasteiger partial charge in [0, 0.05) is 36.4 Å². The SMILES string of the molecule is CCc1c(OCCCCN2C(=O)CCC2=O)ccc2c(C(F)(F)F)cc(=O)oc12. The van der Waals surface area contributed by atoms with Gasteiger partial charge in [-0.1, -0.05) is 6.92 Å². The van der Waals surface area contributed by atoms with E-state index in [2.05, 4.69) is 0 Å². The van der Waals surface area contributed by atoms with Crippen LogP contribution in [0.25, 0.3) is 11.0 Å². The number of likely N-dealkylation sites (tertiary alicyclic amines) is 1. The number of carbonyl (C=O) groups is 2. The topological polar surface area (TPSA) is 76.8 Å². The van der Waals surface area contributed by atoms with E-state index in [1.54, 1.807) is 6.92 Å². The molecule has 3 rings (SSSR count). The largest absolute Gasteiger partial charge is 0.493 e. The van der Waals surface area contributed by atoms with Crippen LogP contribution >= 0.6 is 0 Å². The Morgan fingerprint density at radius 2 is 1.79 bits per heavy atom. The summed E-state index contributed by atoms with van der Waals surface area (Å²) < 4.78 is 50.5. The van der Waals surface area contributed by atoms with Crippen LogP contribution in [0.2, 0.25) is 0 Å². The maximum atomic E-state index is 13.2. The van der Waals surface area contributed by atoms with Crippen LogP contribution in [0.3, 0.4) is 0 Å². The maximum Gasteiger partial charge on any atom is 0.417 e. The number of carbonyl (C=O) groups excluding carboxylic acids is 2. The summed E-state index contributed by atoms with van der Waals surface area (Å²) in [5, 5.41) is -0.188. The van der Waals surface area contributed by atoms with Gasteiger partial charge in [-0.3, -0.25) is 14.5 Å². The summed E-state index contributed by atoms with van der Waals surface area (Å²) in [5.74, 6) is -0.000714. The Labute approximate surface area is 164 Å². The van der Waals surface area contributed by atoms with Crippen molar-refractivity contribution in [2.45, 2.75) is 45.2 Å². The van der Waals surface area contributed by atoms with Crippen LogP contribution in [-0.2, 0) is 22.2 Å². The summed E-state index contributed by atoms with van der Waals surface area (Å²) in [6.07, 6.45) is -2.76. The molecule has 0 bridgehead atoms. The van der Waals surface area contributed by atoms with Gasteiger partial charge in [0.15, 0.2) is 0 Å². The monoisotopic (exact) mass is 411 g/mol. The molecule has 2 amide bonds.